The molecule has 0 aliphatic rings. The standard InChI is InChI=1S/C31H44O4/c1-4-26(12-8-20-31(35,5-2)6-3)28-11-7-10-25(22-28)15-14-24-16-18-27(19-17-24)30(34)29(23-33)13-9-21-32/h7-8,10-12,16-20,22,29-30,32-35H,4-6,9,13-15,21,23H2,1-3H3/b20-8+,26-12+. The summed E-state index contributed by atoms with van der Waals surface area (Å²) in [5, 5.41) is 39.7. The molecule has 0 amide bonds. The third kappa shape index (κ3) is 9.05. The number of hydrogen-bond donors (Lipinski definition) is 4. The first-order chi connectivity index (χ1) is 16.9. The Labute approximate surface area is 211 Å². The molecule has 4 N–H and O–H groups in total. The highest BCUT2D eigenvalue weighted by Crippen LogP contribution is 2.26. The summed E-state index contributed by atoms with van der Waals surface area (Å²) in [4.78, 5) is 0. The predicted octanol–water partition coefficient (Wildman–Crippen LogP) is 5.79. The van der Waals surface area contributed by atoms with Gasteiger partial charge in [0.25, 0.3) is 0 Å². The maximum atomic E-state index is 10.6. The van der Waals surface area contributed by atoms with Gasteiger partial charge < -0.3 is 20.4 Å². The van der Waals surface area contributed by atoms with Crippen molar-refractivity contribution in [1.29, 1.82) is 0 Å². The van der Waals surface area contributed by atoms with E-state index in [1.54, 1.807) is 0 Å². The van der Waals surface area contributed by atoms with Crippen molar-refractivity contribution in [2.75, 3.05) is 13.2 Å². The molecule has 2 aromatic carbocycles. The van der Waals surface area contributed by atoms with E-state index in [1.807, 2.05) is 50.3 Å². The quantitative estimate of drug-likeness (QED) is 0.243. The molecule has 0 saturated carbocycles. The molecule has 35 heavy (non-hydrogen) atoms. The summed E-state index contributed by atoms with van der Waals surface area (Å²) >= 11 is 0. The highest BCUT2D eigenvalue weighted by molar-refractivity contribution is 5.67. The number of benzene rings is 2. The topological polar surface area (TPSA) is 80.9 Å². The Hall–Kier alpha value is -2.24. The molecule has 192 valence electrons. The Bertz CT molecular complexity index is 925. The van der Waals surface area contributed by atoms with Crippen LogP contribution in [0.25, 0.3) is 5.57 Å². The Morgan fingerprint density at radius 3 is 2.23 bits per heavy atom. The molecular weight excluding hydrogens is 436 g/mol. The van der Waals surface area contributed by atoms with Crippen molar-refractivity contribution in [2.24, 2.45) is 5.92 Å². The summed E-state index contributed by atoms with van der Waals surface area (Å²) in [5.41, 5.74) is 5.00. The number of aliphatic hydroxyl groups excluding tert-OH is 3. The smallest absolute Gasteiger partial charge is 0.0840 e. The van der Waals surface area contributed by atoms with E-state index >= 15 is 0 Å². The van der Waals surface area contributed by atoms with Gasteiger partial charge in [-0.1, -0.05) is 87.5 Å². The first kappa shape index (κ1) is 29.0. The van der Waals surface area contributed by atoms with E-state index in [1.165, 1.54) is 22.3 Å². The van der Waals surface area contributed by atoms with E-state index in [-0.39, 0.29) is 19.1 Å². The highest BCUT2D eigenvalue weighted by atomic mass is 16.3. The minimum atomic E-state index is -0.735. The van der Waals surface area contributed by atoms with E-state index in [4.69, 9.17) is 5.11 Å². The Morgan fingerprint density at radius 1 is 0.943 bits per heavy atom. The minimum absolute atomic E-state index is 0.0661. The van der Waals surface area contributed by atoms with Gasteiger partial charge in [-0.15, -0.1) is 0 Å². The van der Waals surface area contributed by atoms with Gasteiger partial charge in [-0.25, -0.2) is 0 Å². The largest absolute Gasteiger partial charge is 0.396 e. The van der Waals surface area contributed by atoms with Gasteiger partial charge in [-0.2, -0.15) is 0 Å². The lowest BCUT2D eigenvalue weighted by Gasteiger charge is -2.21. The second kappa shape index (κ2) is 15.0. The number of allylic oxidation sites excluding steroid dienone is 3. The van der Waals surface area contributed by atoms with Gasteiger partial charge in [-0.05, 0) is 72.8 Å². The van der Waals surface area contributed by atoms with Crippen LogP contribution in [-0.4, -0.2) is 39.2 Å². The SMILES string of the molecule is CC/C(=C\C=C\C(O)(CC)CC)c1cccc(CCc2ccc(C(O)C(CO)CCCO)cc2)c1. The third-order valence-electron chi connectivity index (χ3n) is 7.04. The normalized spacial score (nSPS) is 14.4. The van der Waals surface area contributed by atoms with Crippen LogP contribution in [-0.2, 0) is 12.8 Å². The number of aryl methyl sites for hydroxylation is 2. The van der Waals surface area contributed by atoms with Gasteiger partial charge in [0.1, 0.15) is 0 Å². The Morgan fingerprint density at radius 2 is 1.63 bits per heavy atom. The molecule has 0 heterocycles. The van der Waals surface area contributed by atoms with Crippen molar-refractivity contribution < 1.29 is 20.4 Å². The lowest BCUT2D eigenvalue weighted by molar-refractivity contribution is 0.0577. The molecule has 0 aromatic heterocycles. The minimum Gasteiger partial charge on any atom is -0.396 e. The van der Waals surface area contributed by atoms with Gasteiger partial charge in [0.15, 0.2) is 0 Å². The van der Waals surface area contributed by atoms with Crippen molar-refractivity contribution in [3.05, 3.63) is 89.0 Å². The van der Waals surface area contributed by atoms with Crippen molar-refractivity contribution in [1.82, 2.24) is 0 Å². The van der Waals surface area contributed by atoms with E-state index < -0.39 is 11.7 Å². The van der Waals surface area contributed by atoms with Crippen LogP contribution in [0.4, 0.5) is 0 Å². The molecule has 4 heteroatoms. The van der Waals surface area contributed by atoms with Crippen molar-refractivity contribution in [3.63, 3.8) is 0 Å². The zero-order valence-electron chi connectivity index (χ0n) is 21.7. The van der Waals surface area contributed by atoms with Crippen LogP contribution in [0, 0.1) is 5.92 Å². The predicted molar refractivity (Wildman–Crippen MR) is 145 cm³/mol. The molecular formula is C31H44O4. The first-order valence-electron chi connectivity index (χ1n) is 13.1. The number of rotatable bonds is 15. The van der Waals surface area contributed by atoms with E-state index in [2.05, 4.69) is 37.3 Å². The highest BCUT2D eigenvalue weighted by Gasteiger charge is 2.20. The van der Waals surface area contributed by atoms with Gasteiger partial charge in [0.2, 0.25) is 0 Å². The monoisotopic (exact) mass is 480 g/mol. The molecule has 2 aromatic rings. The van der Waals surface area contributed by atoms with Crippen molar-refractivity contribution in [2.45, 2.75) is 77.4 Å². The summed E-state index contributed by atoms with van der Waals surface area (Å²) in [7, 11) is 0. The molecule has 0 bridgehead atoms. The van der Waals surface area contributed by atoms with Crippen LogP contribution in [0.5, 0.6) is 0 Å². The molecule has 0 fully saturated rings. The average molecular weight is 481 g/mol. The van der Waals surface area contributed by atoms with Gasteiger partial charge in [-0.3, -0.25) is 0 Å². The van der Waals surface area contributed by atoms with Crippen molar-refractivity contribution in [3.8, 4) is 0 Å². The fraction of sp³-hybridized carbons (Fsp3) is 0.484. The van der Waals surface area contributed by atoms with Crippen LogP contribution in [0.2, 0.25) is 0 Å². The molecule has 0 aliphatic carbocycles. The van der Waals surface area contributed by atoms with E-state index in [0.717, 1.165) is 24.8 Å². The summed E-state index contributed by atoms with van der Waals surface area (Å²) in [6.45, 7) is 6.13. The third-order valence-corrected chi connectivity index (χ3v) is 7.04. The summed E-state index contributed by atoms with van der Waals surface area (Å²) in [5.74, 6) is -0.260. The second-order valence-electron chi connectivity index (χ2n) is 9.41. The van der Waals surface area contributed by atoms with Crippen LogP contribution < -0.4 is 0 Å². The van der Waals surface area contributed by atoms with E-state index in [0.29, 0.717) is 25.7 Å². The molecule has 2 atom stereocenters. The zero-order chi connectivity index (χ0) is 25.7. The Kier molecular flexibility index (Phi) is 12.4. The lowest BCUT2D eigenvalue weighted by atomic mass is 9.91. The molecule has 2 rings (SSSR count). The second-order valence-corrected chi connectivity index (χ2v) is 9.41. The van der Waals surface area contributed by atoms with Crippen LogP contribution in [0.1, 0.15) is 81.2 Å². The summed E-state index contributed by atoms with van der Waals surface area (Å²) in [6.07, 6.45) is 10.6. The molecule has 0 spiro atoms. The summed E-state index contributed by atoms with van der Waals surface area (Å²) < 4.78 is 0. The molecule has 0 aliphatic heterocycles. The fourth-order valence-electron chi connectivity index (χ4n) is 4.32. The van der Waals surface area contributed by atoms with Crippen LogP contribution in [0.15, 0.2) is 66.8 Å². The van der Waals surface area contributed by atoms with Gasteiger partial charge in [0.05, 0.1) is 11.7 Å². The number of hydrogen-bond acceptors (Lipinski definition) is 4. The molecule has 0 radical (unpaired) electrons. The first-order valence-corrected chi connectivity index (χ1v) is 13.1. The van der Waals surface area contributed by atoms with Gasteiger partial charge >= 0.3 is 0 Å². The number of aliphatic hydroxyl groups is 4. The maximum Gasteiger partial charge on any atom is 0.0840 e. The lowest BCUT2D eigenvalue weighted by Crippen LogP contribution is -2.22. The van der Waals surface area contributed by atoms with Crippen molar-refractivity contribution >= 4 is 5.57 Å². The van der Waals surface area contributed by atoms with E-state index in [9.17, 15) is 15.3 Å². The fourth-order valence-corrected chi connectivity index (χ4v) is 4.32. The molecule has 0 saturated heterocycles. The maximum absolute atomic E-state index is 10.6. The molecule has 2 unspecified atom stereocenters. The Balaban J connectivity index is 2.04. The summed E-state index contributed by atoms with van der Waals surface area (Å²) in [6, 6.07) is 16.6. The molecule has 4 nitrogen and oxygen atoms in total. The van der Waals surface area contributed by atoms with Crippen LogP contribution in [0.3, 0.4) is 0 Å². The zero-order valence-corrected chi connectivity index (χ0v) is 21.7. The van der Waals surface area contributed by atoms with Crippen LogP contribution >= 0.6 is 0 Å². The van der Waals surface area contributed by atoms with Gasteiger partial charge in [0, 0.05) is 19.1 Å². The average Bonchev–Trinajstić information content (AvgIpc) is 2.90.